The van der Waals surface area contributed by atoms with Gasteiger partial charge >= 0.3 is 0 Å². The zero-order valence-electron chi connectivity index (χ0n) is 11.5. The molecule has 0 fully saturated rings. The van der Waals surface area contributed by atoms with Gasteiger partial charge in [0.25, 0.3) is 0 Å². The molecule has 0 aliphatic rings. The Morgan fingerprint density at radius 1 is 1.41 bits per heavy atom. The van der Waals surface area contributed by atoms with E-state index in [4.69, 9.17) is 0 Å². The van der Waals surface area contributed by atoms with Crippen molar-refractivity contribution in [3.63, 3.8) is 0 Å². The van der Waals surface area contributed by atoms with E-state index >= 15 is 0 Å². The van der Waals surface area contributed by atoms with Crippen molar-refractivity contribution in [3.05, 3.63) is 30.1 Å². The first kappa shape index (κ1) is 14.1. The number of nitrogens with one attached hydrogen (secondary N) is 1. The number of aromatic nitrogens is 1. The highest BCUT2D eigenvalue weighted by molar-refractivity contribution is 5.12. The maximum absolute atomic E-state index is 4.14. The molecule has 0 radical (unpaired) electrons. The van der Waals surface area contributed by atoms with Crippen LogP contribution >= 0.6 is 0 Å². The summed E-state index contributed by atoms with van der Waals surface area (Å²) in [6, 6.07) is 5.13. The van der Waals surface area contributed by atoms with E-state index in [2.05, 4.69) is 49.1 Å². The molecule has 0 aromatic carbocycles. The fraction of sp³-hybridized carbons (Fsp3) is 0.643. The number of hydrogen-bond donors (Lipinski definition) is 1. The van der Waals surface area contributed by atoms with Crippen molar-refractivity contribution in [3.8, 4) is 0 Å². The minimum absolute atomic E-state index is 0.369. The molecular formula is C14H25N3. The van der Waals surface area contributed by atoms with Crippen molar-refractivity contribution in [1.82, 2.24) is 15.2 Å². The zero-order valence-corrected chi connectivity index (χ0v) is 11.5. The highest BCUT2D eigenvalue weighted by atomic mass is 15.1. The third-order valence-corrected chi connectivity index (χ3v) is 3.44. The average molecular weight is 235 g/mol. The van der Waals surface area contributed by atoms with Crippen LogP contribution in [0.3, 0.4) is 0 Å². The molecule has 0 bridgehead atoms. The van der Waals surface area contributed by atoms with Crippen molar-refractivity contribution in [1.29, 1.82) is 0 Å². The molecule has 0 spiro atoms. The molecule has 0 aliphatic heterocycles. The van der Waals surface area contributed by atoms with Crippen molar-refractivity contribution < 1.29 is 0 Å². The number of pyridine rings is 1. The Labute approximate surface area is 105 Å². The fourth-order valence-corrected chi connectivity index (χ4v) is 1.74. The monoisotopic (exact) mass is 235 g/mol. The van der Waals surface area contributed by atoms with Gasteiger partial charge in [0, 0.05) is 37.6 Å². The molecule has 2 unspecified atom stereocenters. The van der Waals surface area contributed by atoms with Crippen LogP contribution < -0.4 is 5.32 Å². The van der Waals surface area contributed by atoms with Gasteiger partial charge in [-0.25, -0.2) is 0 Å². The number of likely N-dealkylation sites (N-methyl/N-ethyl adjacent to an activating group) is 1. The molecule has 3 heteroatoms. The van der Waals surface area contributed by atoms with Gasteiger partial charge in [-0.05, 0) is 38.9 Å². The van der Waals surface area contributed by atoms with E-state index in [1.54, 1.807) is 0 Å². The molecule has 17 heavy (non-hydrogen) atoms. The van der Waals surface area contributed by atoms with Crippen LogP contribution in [0.25, 0.3) is 0 Å². The Hall–Kier alpha value is -0.930. The quantitative estimate of drug-likeness (QED) is 0.787. The van der Waals surface area contributed by atoms with Gasteiger partial charge in [-0.2, -0.15) is 0 Å². The van der Waals surface area contributed by atoms with E-state index < -0.39 is 0 Å². The first-order valence-corrected chi connectivity index (χ1v) is 6.48. The van der Waals surface area contributed by atoms with Crippen LogP contribution in [0, 0.1) is 0 Å². The summed E-state index contributed by atoms with van der Waals surface area (Å²) in [6.07, 6.45) is 4.94. The van der Waals surface area contributed by atoms with Gasteiger partial charge in [-0.15, -0.1) is 0 Å². The number of rotatable bonds is 7. The lowest BCUT2D eigenvalue weighted by Gasteiger charge is -2.24. The predicted octanol–water partition coefficient (Wildman–Crippen LogP) is 2.46. The zero-order chi connectivity index (χ0) is 12.7. The van der Waals surface area contributed by atoms with Crippen LogP contribution in [0.15, 0.2) is 24.5 Å². The third-order valence-electron chi connectivity index (χ3n) is 3.44. The summed E-state index contributed by atoms with van der Waals surface area (Å²) in [5.74, 6) is 0. The molecule has 1 heterocycles. The largest absolute Gasteiger partial charge is 0.309 e. The summed E-state index contributed by atoms with van der Waals surface area (Å²) in [6.45, 7) is 8.77. The molecule has 1 aromatic rings. The average Bonchev–Trinajstić information content (AvgIpc) is 2.38. The Morgan fingerprint density at radius 3 is 2.76 bits per heavy atom. The second kappa shape index (κ2) is 7.41. The molecular weight excluding hydrogens is 210 g/mol. The number of nitrogens with zero attached hydrogens (tertiary/aromatic N) is 2. The topological polar surface area (TPSA) is 28.2 Å². The van der Waals surface area contributed by atoms with Gasteiger partial charge in [-0.1, -0.05) is 13.0 Å². The minimum atomic E-state index is 0.369. The van der Waals surface area contributed by atoms with Crippen molar-refractivity contribution in [2.24, 2.45) is 0 Å². The van der Waals surface area contributed by atoms with Crippen LogP contribution in [0.1, 0.15) is 38.8 Å². The first-order valence-electron chi connectivity index (χ1n) is 6.48. The van der Waals surface area contributed by atoms with E-state index in [0.29, 0.717) is 12.1 Å². The van der Waals surface area contributed by atoms with Gasteiger partial charge < -0.3 is 10.2 Å². The lowest BCUT2D eigenvalue weighted by Crippen LogP contribution is -2.35. The second-order valence-corrected chi connectivity index (χ2v) is 4.70. The standard InChI is InChI=1S/C14H25N3/c1-5-12(2)17(4)10-9-16-13(3)14-7-6-8-15-11-14/h6-8,11-13,16H,5,9-10H2,1-4H3. The summed E-state index contributed by atoms with van der Waals surface area (Å²) in [7, 11) is 2.19. The van der Waals surface area contributed by atoms with Crippen LogP contribution in [0.5, 0.6) is 0 Å². The van der Waals surface area contributed by atoms with Crippen molar-refractivity contribution >= 4 is 0 Å². The van der Waals surface area contributed by atoms with E-state index in [-0.39, 0.29) is 0 Å². The molecule has 0 saturated heterocycles. The van der Waals surface area contributed by atoms with Gasteiger partial charge in [0.2, 0.25) is 0 Å². The molecule has 0 amide bonds. The van der Waals surface area contributed by atoms with Gasteiger partial charge in [0.15, 0.2) is 0 Å². The lowest BCUT2D eigenvalue weighted by molar-refractivity contribution is 0.249. The third kappa shape index (κ3) is 4.84. The Morgan fingerprint density at radius 2 is 2.18 bits per heavy atom. The predicted molar refractivity (Wildman–Crippen MR) is 73.0 cm³/mol. The van der Waals surface area contributed by atoms with Crippen LogP contribution in [0.2, 0.25) is 0 Å². The maximum Gasteiger partial charge on any atom is 0.0315 e. The van der Waals surface area contributed by atoms with Gasteiger partial charge in [-0.3, -0.25) is 4.98 Å². The Bertz CT molecular complexity index is 300. The summed E-state index contributed by atoms with van der Waals surface area (Å²) < 4.78 is 0. The molecule has 96 valence electrons. The Balaban J connectivity index is 2.27. The molecule has 1 N–H and O–H groups in total. The molecule has 2 atom stereocenters. The van der Waals surface area contributed by atoms with E-state index in [1.165, 1.54) is 12.0 Å². The van der Waals surface area contributed by atoms with E-state index in [0.717, 1.165) is 13.1 Å². The van der Waals surface area contributed by atoms with Crippen LogP contribution in [-0.2, 0) is 0 Å². The first-order chi connectivity index (χ1) is 8.15. The van der Waals surface area contributed by atoms with Crippen molar-refractivity contribution in [2.75, 3.05) is 20.1 Å². The molecule has 3 nitrogen and oxygen atoms in total. The van der Waals surface area contributed by atoms with Crippen molar-refractivity contribution in [2.45, 2.75) is 39.3 Å². The highest BCUT2D eigenvalue weighted by Gasteiger charge is 2.07. The maximum atomic E-state index is 4.14. The van der Waals surface area contributed by atoms with Gasteiger partial charge in [0.1, 0.15) is 0 Å². The molecule has 1 rings (SSSR count). The normalized spacial score (nSPS) is 14.9. The summed E-state index contributed by atoms with van der Waals surface area (Å²) in [5.41, 5.74) is 1.25. The molecule has 0 saturated carbocycles. The summed E-state index contributed by atoms with van der Waals surface area (Å²) >= 11 is 0. The molecule has 1 aromatic heterocycles. The molecule has 0 aliphatic carbocycles. The fourth-order valence-electron chi connectivity index (χ4n) is 1.74. The number of hydrogen-bond acceptors (Lipinski definition) is 3. The lowest BCUT2D eigenvalue weighted by atomic mass is 10.1. The van der Waals surface area contributed by atoms with Gasteiger partial charge in [0.05, 0.1) is 0 Å². The SMILES string of the molecule is CCC(C)N(C)CCNC(C)c1cccnc1. The van der Waals surface area contributed by atoms with Crippen LogP contribution in [-0.4, -0.2) is 36.1 Å². The van der Waals surface area contributed by atoms with E-state index in [9.17, 15) is 0 Å². The Kier molecular flexibility index (Phi) is 6.16. The summed E-state index contributed by atoms with van der Waals surface area (Å²) in [4.78, 5) is 6.53. The second-order valence-electron chi connectivity index (χ2n) is 4.70. The minimum Gasteiger partial charge on any atom is -0.309 e. The summed E-state index contributed by atoms with van der Waals surface area (Å²) in [5, 5.41) is 3.53. The van der Waals surface area contributed by atoms with E-state index in [1.807, 2.05) is 18.5 Å². The smallest absolute Gasteiger partial charge is 0.0315 e. The highest BCUT2D eigenvalue weighted by Crippen LogP contribution is 2.09. The van der Waals surface area contributed by atoms with Crippen LogP contribution in [0.4, 0.5) is 0 Å².